The minimum atomic E-state index is -0.672. The molecule has 2 aromatic rings. The zero-order chi connectivity index (χ0) is 27.1. The Hall–Kier alpha value is -3.72. The first-order valence-corrected chi connectivity index (χ1v) is 14.0. The number of likely N-dealkylation sites (N-methyl/N-ethyl adjacent to an activating group) is 1. The molecule has 9 nitrogen and oxygen atoms in total. The molecule has 1 saturated carbocycles. The van der Waals surface area contributed by atoms with Crippen LogP contribution in [0.2, 0.25) is 0 Å². The molecule has 6 rings (SSSR count). The lowest BCUT2D eigenvalue weighted by atomic mass is 9.76. The number of carbonyl (C=O) groups is 4. The van der Waals surface area contributed by atoms with Crippen molar-refractivity contribution in [1.82, 2.24) is 20.4 Å². The van der Waals surface area contributed by atoms with E-state index in [2.05, 4.69) is 51.7 Å². The fraction of sp³-hybridized carbons (Fsp3) is 0.467. The molecular formula is C30H35N5O4. The highest BCUT2D eigenvalue weighted by molar-refractivity contribution is 6.06. The zero-order valence-corrected chi connectivity index (χ0v) is 22.3. The first kappa shape index (κ1) is 25.6. The maximum atomic E-state index is 13.6. The third kappa shape index (κ3) is 4.91. The molecule has 2 saturated heterocycles. The average Bonchev–Trinajstić information content (AvgIpc) is 3.23. The van der Waals surface area contributed by atoms with Gasteiger partial charge in [-0.15, -0.1) is 0 Å². The van der Waals surface area contributed by atoms with E-state index in [-0.39, 0.29) is 36.7 Å². The number of para-hydroxylation sites is 1. The Morgan fingerprint density at radius 3 is 2.49 bits per heavy atom. The fourth-order valence-corrected chi connectivity index (χ4v) is 6.25. The van der Waals surface area contributed by atoms with E-state index < -0.39 is 11.9 Å². The van der Waals surface area contributed by atoms with Crippen molar-refractivity contribution in [2.75, 3.05) is 38.1 Å². The minimum absolute atomic E-state index is 0.0861. The van der Waals surface area contributed by atoms with Crippen LogP contribution in [-0.4, -0.2) is 72.7 Å². The van der Waals surface area contributed by atoms with Crippen molar-refractivity contribution in [2.45, 2.75) is 50.7 Å². The first-order valence-electron chi connectivity index (χ1n) is 14.0. The molecule has 3 fully saturated rings. The second-order valence-electron chi connectivity index (χ2n) is 11.3. The summed E-state index contributed by atoms with van der Waals surface area (Å²) in [5, 5.41) is 5.68. The number of nitrogens with one attached hydrogen (secondary N) is 2. The number of piperidine rings is 1. The number of carbonyl (C=O) groups excluding carboxylic acids is 4. The Bertz CT molecular complexity index is 1310. The molecule has 2 N–H and O–H groups in total. The highest BCUT2D eigenvalue weighted by Crippen LogP contribution is 2.41. The first-order chi connectivity index (χ1) is 18.9. The van der Waals surface area contributed by atoms with Gasteiger partial charge in [0.2, 0.25) is 11.8 Å². The Kier molecular flexibility index (Phi) is 6.85. The predicted molar refractivity (Wildman–Crippen MR) is 146 cm³/mol. The van der Waals surface area contributed by atoms with Gasteiger partial charge in [-0.2, -0.15) is 0 Å². The van der Waals surface area contributed by atoms with Gasteiger partial charge in [-0.05, 0) is 67.6 Å². The van der Waals surface area contributed by atoms with Gasteiger partial charge < -0.3 is 20.0 Å². The van der Waals surface area contributed by atoms with Gasteiger partial charge in [0, 0.05) is 56.0 Å². The Morgan fingerprint density at radius 2 is 1.77 bits per heavy atom. The maximum absolute atomic E-state index is 13.6. The molecule has 204 valence electrons. The van der Waals surface area contributed by atoms with Crippen LogP contribution in [0.15, 0.2) is 42.5 Å². The summed E-state index contributed by atoms with van der Waals surface area (Å²) in [5.74, 6) is -0.751. The third-order valence-corrected chi connectivity index (χ3v) is 8.81. The molecule has 3 heterocycles. The van der Waals surface area contributed by atoms with Crippen molar-refractivity contribution in [3.63, 3.8) is 0 Å². The summed E-state index contributed by atoms with van der Waals surface area (Å²) in [6.07, 6.45) is 3.87. The third-order valence-electron chi connectivity index (χ3n) is 8.81. The summed E-state index contributed by atoms with van der Waals surface area (Å²) in [6, 6.07) is 12.8. The van der Waals surface area contributed by atoms with Crippen molar-refractivity contribution in [2.24, 2.45) is 5.92 Å². The van der Waals surface area contributed by atoms with E-state index in [1.165, 1.54) is 22.6 Å². The molecule has 2 aromatic carbocycles. The van der Waals surface area contributed by atoms with Gasteiger partial charge in [0.1, 0.15) is 6.04 Å². The van der Waals surface area contributed by atoms with Crippen LogP contribution in [0.4, 0.5) is 5.69 Å². The summed E-state index contributed by atoms with van der Waals surface area (Å²) in [7, 11) is 2.15. The summed E-state index contributed by atoms with van der Waals surface area (Å²) in [6.45, 7) is 4.19. The molecule has 0 radical (unpaired) electrons. The SMILES string of the molecule is CN1CCN(c2ccccc2[C@@H](NC(=O)c2ccc3c(c2)CN([C@H]2CCC(=O)NC2=O)C3=O)C2CCC2)CC1. The zero-order valence-electron chi connectivity index (χ0n) is 22.3. The molecule has 0 aromatic heterocycles. The van der Waals surface area contributed by atoms with Gasteiger partial charge in [-0.25, -0.2) is 0 Å². The van der Waals surface area contributed by atoms with Gasteiger partial charge in [0.15, 0.2) is 0 Å². The molecule has 0 unspecified atom stereocenters. The van der Waals surface area contributed by atoms with Crippen LogP contribution in [0.1, 0.15) is 70.0 Å². The van der Waals surface area contributed by atoms with Crippen LogP contribution < -0.4 is 15.5 Å². The second-order valence-corrected chi connectivity index (χ2v) is 11.3. The van der Waals surface area contributed by atoms with E-state index in [1.807, 2.05) is 0 Å². The monoisotopic (exact) mass is 529 g/mol. The summed E-state index contributed by atoms with van der Waals surface area (Å²) in [4.78, 5) is 56.9. The van der Waals surface area contributed by atoms with Crippen molar-refractivity contribution >= 4 is 29.3 Å². The molecule has 3 aliphatic heterocycles. The average molecular weight is 530 g/mol. The Morgan fingerprint density at radius 1 is 1.00 bits per heavy atom. The number of amides is 4. The van der Waals surface area contributed by atoms with Crippen molar-refractivity contribution < 1.29 is 19.2 Å². The van der Waals surface area contributed by atoms with Crippen LogP contribution >= 0.6 is 0 Å². The van der Waals surface area contributed by atoms with Crippen molar-refractivity contribution in [3.05, 3.63) is 64.7 Å². The van der Waals surface area contributed by atoms with E-state index in [1.54, 1.807) is 18.2 Å². The smallest absolute Gasteiger partial charge is 0.255 e. The molecule has 1 aliphatic carbocycles. The van der Waals surface area contributed by atoms with Gasteiger partial charge >= 0.3 is 0 Å². The van der Waals surface area contributed by atoms with E-state index >= 15 is 0 Å². The molecule has 39 heavy (non-hydrogen) atoms. The second kappa shape index (κ2) is 10.4. The number of anilines is 1. The van der Waals surface area contributed by atoms with Crippen LogP contribution in [-0.2, 0) is 16.1 Å². The normalized spacial score (nSPS) is 22.8. The molecule has 4 aliphatic rings. The predicted octanol–water partition coefficient (Wildman–Crippen LogP) is 2.47. The van der Waals surface area contributed by atoms with Crippen LogP contribution in [0, 0.1) is 5.92 Å². The quantitative estimate of drug-likeness (QED) is 0.558. The Balaban J connectivity index is 1.22. The van der Waals surface area contributed by atoms with Gasteiger partial charge in [-0.3, -0.25) is 24.5 Å². The number of imide groups is 1. The topological polar surface area (TPSA) is 102 Å². The molecule has 0 spiro atoms. The lowest BCUT2D eigenvalue weighted by Crippen LogP contribution is -2.52. The lowest BCUT2D eigenvalue weighted by molar-refractivity contribution is -0.136. The summed E-state index contributed by atoms with van der Waals surface area (Å²) in [5.41, 5.74) is 4.11. The Labute approximate surface area is 228 Å². The number of hydrogen-bond donors (Lipinski definition) is 2. The number of hydrogen-bond acceptors (Lipinski definition) is 6. The van der Waals surface area contributed by atoms with Gasteiger partial charge in [0.25, 0.3) is 11.8 Å². The van der Waals surface area contributed by atoms with E-state index in [0.717, 1.165) is 44.6 Å². The lowest BCUT2D eigenvalue weighted by Gasteiger charge is -2.39. The number of nitrogens with zero attached hydrogens (tertiary/aromatic N) is 3. The standard InChI is InChI=1S/C30H35N5O4/c1-33-13-15-34(16-14-33)24-8-3-2-7-23(24)27(19-5-4-6-19)32-28(37)20-9-10-22-21(17-20)18-35(30(22)39)25-11-12-26(36)31-29(25)38/h2-3,7-10,17,19,25,27H,4-6,11-16,18H2,1H3,(H,32,37)(H,31,36,38)/t25-,27-/m0/s1. The molecule has 9 heteroatoms. The van der Waals surface area contributed by atoms with Crippen LogP contribution in [0.25, 0.3) is 0 Å². The van der Waals surface area contributed by atoms with E-state index in [4.69, 9.17) is 0 Å². The molecule has 4 amide bonds. The van der Waals surface area contributed by atoms with Crippen LogP contribution in [0.3, 0.4) is 0 Å². The molecular weight excluding hydrogens is 494 g/mol. The van der Waals surface area contributed by atoms with Gasteiger partial charge in [-0.1, -0.05) is 24.6 Å². The molecule has 2 atom stereocenters. The van der Waals surface area contributed by atoms with Gasteiger partial charge in [0.05, 0.1) is 6.04 Å². The highest BCUT2D eigenvalue weighted by atomic mass is 16.2. The fourth-order valence-electron chi connectivity index (χ4n) is 6.25. The molecule has 0 bridgehead atoms. The van der Waals surface area contributed by atoms with E-state index in [0.29, 0.717) is 23.5 Å². The summed E-state index contributed by atoms with van der Waals surface area (Å²) < 4.78 is 0. The number of piperazine rings is 1. The number of fused-ring (bicyclic) bond motifs is 1. The number of benzene rings is 2. The minimum Gasteiger partial charge on any atom is -0.369 e. The largest absolute Gasteiger partial charge is 0.369 e. The maximum Gasteiger partial charge on any atom is 0.255 e. The van der Waals surface area contributed by atoms with Crippen molar-refractivity contribution in [1.29, 1.82) is 0 Å². The highest BCUT2D eigenvalue weighted by Gasteiger charge is 2.39. The number of rotatable bonds is 6. The summed E-state index contributed by atoms with van der Waals surface area (Å²) >= 11 is 0. The van der Waals surface area contributed by atoms with E-state index in [9.17, 15) is 19.2 Å². The van der Waals surface area contributed by atoms with Crippen molar-refractivity contribution in [3.8, 4) is 0 Å². The van der Waals surface area contributed by atoms with Crippen LogP contribution in [0.5, 0.6) is 0 Å².